The minimum Gasteiger partial charge on any atom is -0.338 e. The summed E-state index contributed by atoms with van der Waals surface area (Å²) in [6, 6.07) is 0. The summed E-state index contributed by atoms with van der Waals surface area (Å²) in [5.41, 5.74) is 0. The Bertz CT molecular complexity index is 295. The molecule has 3 heteroatoms. The van der Waals surface area contributed by atoms with Crippen molar-refractivity contribution in [3.8, 4) is 0 Å². The van der Waals surface area contributed by atoms with Crippen LogP contribution >= 0.6 is 15.9 Å². The van der Waals surface area contributed by atoms with Crippen LogP contribution in [0.5, 0.6) is 0 Å². The maximum absolute atomic E-state index is 4.46. The average molecular weight is 257 g/mol. The van der Waals surface area contributed by atoms with Crippen LogP contribution in [0.4, 0.5) is 0 Å². The number of alkyl halides is 1. The molecule has 1 heterocycles. The molecule has 1 aliphatic carbocycles. The molecule has 1 aliphatic rings. The van der Waals surface area contributed by atoms with E-state index in [2.05, 4.69) is 32.5 Å². The fourth-order valence-corrected chi connectivity index (χ4v) is 3.08. The molecule has 2 unspecified atom stereocenters. The Morgan fingerprint density at radius 3 is 2.93 bits per heavy atom. The van der Waals surface area contributed by atoms with Gasteiger partial charge in [-0.05, 0) is 19.3 Å². The summed E-state index contributed by atoms with van der Waals surface area (Å²) >= 11 is 3.75. The second kappa shape index (κ2) is 4.47. The molecule has 2 nitrogen and oxygen atoms in total. The van der Waals surface area contributed by atoms with Gasteiger partial charge in [-0.2, -0.15) is 0 Å². The SMILES string of the molecule is Cn1ccnc1C1CCCCC(Br)C1. The molecular formula is C11H17BrN2. The first-order valence-corrected chi connectivity index (χ1v) is 6.30. The van der Waals surface area contributed by atoms with Crippen LogP contribution in [0.25, 0.3) is 0 Å². The van der Waals surface area contributed by atoms with Gasteiger partial charge in [0.15, 0.2) is 0 Å². The van der Waals surface area contributed by atoms with Crippen molar-refractivity contribution >= 4 is 15.9 Å². The van der Waals surface area contributed by atoms with Crippen LogP contribution in [0, 0.1) is 0 Å². The zero-order valence-electron chi connectivity index (χ0n) is 8.62. The minimum atomic E-state index is 0.655. The molecule has 1 fully saturated rings. The van der Waals surface area contributed by atoms with Crippen LogP contribution in [0.2, 0.25) is 0 Å². The molecule has 2 rings (SSSR count). The van der Waals surface area contributed by atoms with E-state index in [0.29, 0.717) is 10.7 Å². The zero-order valence-corrected chi connectivity index (χ0v) is 10.2. The molecule has 2 atom stereocenters. The monoisotopic (exact) mass is 256 g/mol. The van der Waals surface area contributed by atoms with Crippen LogP contribution in [0.3, 0.4) is 0 Å². The fraction of sp³-hybridized carbons (Fsp3) is 0.727. The van der Waals surface area contributed by atoms with Crippen molar-refractivity contribution in [2.45, 2.75) is 42.8 Å². The predicted molar refractivity (Wildman–Crippen MR) is 61.7 cm³/mol. The molecule has 78 valence electrons. The molecule has 1 aromatic rings. The van der Waals surface area contributed by atoms with Crippen LogP contribution in [-0.2, 0) is 7.05 Å². The Balaban J connectivity index is 2.13. The number of aryl methyl sites for hydroxylation is 1. The highest BCUT2D eigenvalue weighted by molar-refractivity contribution is 9.09. The Hall–Kier alpha value is -0.310. The van der Waals surface area contributed by atoms with E-state index < -0.39 is 0 Å². The predicted octanol–water partition coefficient (Wildman–Crippen LogP) is 3.23. The van der Waals surface area contributed by atoms with Gasteiger partial charge in [-0.15, -0.1) is 0 Å². The number of aromatic nitrogens is 2. The van der Waals surface area contributed by atoms with E-state index in [-0.39, 0.29) is 0 Å². The van der Waals surface area contributed by atoms with Gasteiger partial charge < -0.3 is 4.57 Å². The van der Waals surface area contributed by atoms with Crippen LogP contribution in [0.1, 0.15) is 43.8 Å². The third kappa shape index (κ3) is 2.19. The van der Waals surface area contributed by atoms with Gasteiger partial charge in [0.1, 0.15) is 5.82 Å². The highest BCUT2D eigenvalue weighted by Crippen LogP contribution is 2.33. The first-order valence-electron chi connectivity index (χ1n) is 5.38. The number of hydrogen-bond donors (Lipinski definition) is 0. The minimum absolute atomic E-state index is 0.655. The second-order valence-corrected chi connectivity index (χ2v) is 5.51. The number of hydrogen-bond acceptors (Lipinski definition) is 1. The average Bonchev–Trinajstić information content (AvgIpc) is 2.45. The lowest BCUT2D eigenvalue weighted by Gasteiger charge is -2.15. The molecule has 0 aromatic carbocycles. The molecule has 0 spiro atoms. The molecule has 1 saturated carbocycles. The summed E-state index contributed by atoms with van der Waals surface area (Å²) in [4.78, 5) is 5.14. The Kier molecular flexibility index (Phi) is 3.26. The molecule has 0 radical (unpaired) electrons. The highest BCUT2D eigenvalue weighted by Gasteiger charge is 2.22. The largest absolute Gasteiger partial charge is 0.338 e. The lowest BCUT2D eigenvalue weighted by Crippen LogP contribution is -2.09. The fourth-order valence-electron chi connectivity index (χ4n) is 2.31. The Morgan fingerprint density at radius 1 is 1.43 bits per heavy atom. The standard InChI is InChI=1S/C11H17BrN2/c1-14-7-6-13-11(14)9-4-2-3-5-10(12)8-9/h6-7,9-10H,2-5,8H2,1H3. The highest BCUT2D eigenvalue weighted by atomic mass is 79.9. The zero-order chi connectivity index (χ0) is 9.97. The number of rotatable bonds is 1. The van der Waals surface area contributed by atoms with Crippen molar-refractivity contribution in [3.63, 3.8) is 0 Å². The third-order valence-electron chi connectivity index (χ3n) is 3.08. The summed E-state index contributed by atoms with van der Waals surface area (Å²) in [5, 5.41) is 0. The molecule has 0 bridgehead atoms. The van der Waals surface area contributed by atoms with Gasteiger partial charge in [-0.3, -0.25) is 0 Å². The first-order chi connectivity index (χ1) is 6.77. The van der Waals surface area contributed by atoms with E-state index >= 15 is 0 Å². The molecule has 0 saturated heterocycles. The van der Waals surface area contributed by atoms with Crippen molar-refractivity contribution < 1.29 is 0 Å². The van der Waals surface area contributed by atoms with Gasteiger partial charge >= 0.3 is 0 Å². The molecule has 0 aliphatic heterocycles. The van der Waals surface area contributed by atoms with Gasteiger partial charge in [0.25, 0.3) is 0 Å². The molecular weight excluding hydrogens is 240 g/mol. The maximum atomic E-state index is 4.46. The summed E-state index contributed by atoms with van der Waals surface area (Å²) in [5.74, 6) is 1.92. The number of nitrogens with zero attached hydrogens (tertiary/aromatic N) is 2. The van der Waals surface area contributed by atoms with E-state index in [9.17, 15) is 0 Å². The topological polar surface area (TPSA) is 17.8 Å². The van der Waals surface area contributed by atoms with E-state index in [1.54, 1.807) is 0 Å². The molecule has 0 N–H and O–H groups in total. The van der Waals surface area contributed by atoms with Gasteiger partial charge in [-0.25, -0.2) is 4.98 Å². The van der Waals surface area contributed by atoms with Gasteiger partial charge in [0.2, 0.25) is 0 Å². The van der Waals surface area contributed by atoms with E-state index in [1.807, 2.05) is 12.4 Å². The van der Waals surface area contributed by atoms with Crippen molar-refractivity contribution in [3.05, 3.63) is 18.2 Å². The van der Waals surface area contributed by atoms with E-state index in [1.165, 1.54) is 37.9 Å². The van der Waals surface area contributed by atoms with Crippen molar-refractivity contribution in [1.82, 2.24) is 9.55 Å². The number of imidazole rings is 1. The number of halogens is 1. The third-order valence-corrected chi connectivity index (χ3v) is 3.92. The Morgan fingerprint density at radius 2 is 2.21 bits per heavy atom. The van der Waals surface area contributed by atoms with Crippen molar-refractivity contribution in [1.29, 1.82) is 0 Å². The Labute approximate surface area is 93.9 Å². The van der Waals surface area contributed by atoms with E-state index in [4.69, 9.17) is 0 Å². The molecule has 0 amide bonds. The summed E-state index contributed by atoms with van der Waals surface area (Å²) in [7, 11) is 2.09. The lowest BCUT2D eigenvalue weighted by atomic mass is 9.99. The second-order valence-electron chi connectivity index (χ2n) is 4.21. The normalized spacial score (nSPS) is 28.7. The smallest absolute Gasteiger partial charge is 0.111 e. The quantitative estimate of drug-likeness (QED) is 0.558. The summed E-state index contributed by atoms with van der Waals surface area (Å²) in [6.45, 7) is 0. The molecule has 14 heavy (non-hydrogen) atoms. The van der Waals surface area contributed by atoms with Crippen LogP contribution in [-0.4, -0.2) is 14.4 Å². The van der Waals surface area contributed by atoms with Crippen LogP contribution in [0.15, 0.2) is 12.4 Å². The lowest BCUT2D eigenvalue weighted by molar-refractivity contribution is 0.548. The molecule has 1 aromatic heterocycles. The summed E-state index contributed by atoms with van der Waals surface area (Å²) < 4.78 is 2.16. The van der Waals surface area contributed by atoms with Gasteiger partial charge in [0, 0.05) is 30.2 Å². The van der Waals surface area contributed by atoms with Gasteiger partial charge in [0.05, 0.1) is 0 Å². The first kappa shape index (κ1) is 10.2. The van der Waals surface area contributed by atoms with Crippen molar-refractivity contribution in [2.75, 3.05) is 0 Å². The van der Waals surface area contributed by atoms with Gasteiger partial charge in [-0.1, -0.05) is 28.8 Å². The summed E-state index contributed by atoms with van der Waals surface area (Å²) in [6.07, 6.45) is 10.5. The van der Waals surface area contributed by atoms with Crippen LogP contribution < -0.4 is 0 Å². The maximum Gasteiger partial charge on any atom is 0.111 e. The van der Waals surface area contributed by atoms with Crippen molar-refractivity contribution in [2.24, 2.45) is 7.05 Å². The van der Waals surface area contributed by atoms with E-state index in [0.717, 1.165) is 0 Å².